The third-order valence-electron chi connectivity index (χ3n) is 8.33. The molecule has 1 amide bonds. The molecule has 2 aliphatic rings. The Labute approximate surface area is 214 Å². The van der Waals surface area contributed by atoms with Gasteiger partial charge in [0.15, 0.2) is 0 Å². The highest BCUT2D eigenvalue weighted by Gasteiger charge is 2.52. The summed E-state index contributed by atoms with van der Waals surface area (Å²) in [4.78, 5) is 17.6. The van der Waals surface area contributed by atoms with Gasteiger partial charge in [-0.05, 0) is 51.2 Å². The number of nitrogens with zero attached hydrogens (tertiary/aromatic N) is 1. The summed E-state index contributed by atoms with van der Waals surface area (Å²) < 4.78 is 6.11. The number of aromatic nitrogens is 1. The number of aryl methyl sites for hydroxylation is 1. The standard InChI is InChI=1S/C27H44N2O5S/c1-15-9-8-10-27(7)22(34-27)12-20(16(2)11-19-14-35-18(4)28-19)29-23(31)13-21(30)26(5,6)25(33)17(3)24(15)32/h11,14-15,17,20-22,24-25,30,32-33H,8-10,12-13H2,1-7H3,(H,29,31)/b16-11+/t15-,17+,20?,21-,22?,24-,25?,27+/m0/s1. The van der Waals surface area contributed by atoms with Crippen molar-refractivity contribution in [3.8, 4) is 0 Å². The molecule has 198 valence electrons. The van der Waals surface area contributed by atoms with E-state index in [1.807, 2.05) is 39.2 Å². The topological polar surface area (TPSA) is 115 Å². The van der Waals surface area contributed by atoms with Gasteiger partial charge in [0.2, 0.25) is 5.91 Å². The molecule has 2 aliphatic heterocycles. The molecule has 0 saturated carbocycles. The van der Waals surface area contributed by atoms with Crippen LogP contribution in [0.1, 0.15) is 84.3 Å². The first-order valence-electron chi connectivity index (χ1n) is 12.9. The van der Waals surface area contributed by atoms with Gasteiger partial charge in [0.1, 0.15) is 0 Å². The van der Waals surface area contributed by atoms with E-state index in [4.69, 9.17) is 4.74 Å². The van der Waals surface area contributed by atoms with E-state index in [1.54, 1.807) is 25.2 Å². The molecule has 1 aromatic rings. The van der Waals surface area contributed by atoms with Crippen molar-refractivity contribution < 1.29 is 24.9 Å². The van der Waals surface area contributed by atoms with E-state index >= 15 is 0 Å². The van der Waals surface area contributed by atoms with Crippen LogP contribution in [0.5, 0.6) is 0 Å². The van der Waals surface area contributed by atoms with Crippen LogP contribution < -0.4 is 5.32 Å². The third kappa shape index (κ3) is 6.72. The summed E-state index contributed by atoms with van der Waals surface area (Å²) >= 11 is 1.59. The fraction of sp³-hybridized carbons (Fsp3) is 0.778. The minimum Gasteiger partial charge on any atom is -0.392 e. The second-order valence-corrected chi connectivity index (χ2v) is 12.7. The van der Waals surface area contributed by atoms with Crippen molar-refractivity contribution in [2.75, 3.05) is 0 Å². The van der Waals surface area contributed by atoms with Crippen LogP contribution in [0.4, 0.5) is 0 Å². The normalized spacial score (nSPS) is 39.5. The van der Waals surface area contributed by atoms with Gasteiger partial charge in [-0.15, -0.1) is 11.3 Å². The van der Waals surface area contributed by atoms with Gasteiger partial charge in [-0.2, -0.15) is 0 Å². The summed E-state index contributed by atoms with van der Waals surface area (Å²) in [5.41, 5.74) is 0.651. The summed E-state index contributed by atoms with van der Waals surface area (Å²) in [6.07, 6.45) is 2.43. The number of carbonyl (C=O) groups is 1. The zero-order valence-corrected chi connectivity index (χ0v) is 23.1. The Morgan fingerprint density at radius 1 is 1.26 bits per heavy atom. The number of amides is 1. The minimum absolute atomic E-state index is 0.00379. The van der Waals surface area contributed by atoms with Crippen LogP contribution in [-0.4, -0.2) is 62.3 Å². The Morgan fingerprint density at radius 3 is 2.57 bits per heavy atom. The van der Waals surface area contributed by atoms with E-state index in [1.165, 1.54) is 0 Å². The molecule has 7 nitrogen and oxygen atoms in total. The number of hydrogen-bond donors (Lipinski definition) is 4. The number of aliphatic hydroxyl groups excluding tert-OH is 3. The summed E-state index contributed by atoms with van der Waals surface area (Å²) in [5.74, 6) is -0.712. The number of nitrogens with one attached hydrogen (secondary N) is 1. The molecule has 35 heavy (non-hydrogen) atoms. The van der Waals surface area contributed by atoms with Crippen LogP contribution in [-0.2, 0) is 9.53 Å². The van der Waals surface area contributed by atoms with E-state index in [2.05, 4.69) is 17.2 Å². The first-order chi connectivity index (χ1) is 16.2. The molecule has 3 unspecified atom stereocenters. The Bertz CT molecular complexity index is 915. The number of aliphatic hydroxyl groups is 3. The molecule has 2 fully saturated rings. The number of rotatable bonds is 2. The van der Waals surface area contributed by atoms with E-state index in [-0.39, 0.29) is 36.0 Å². The van der Waals surface area contributed by atoms with Gasteiger partial charge in [0.25, 0.3) is 0 Å². The van der Waals surface area contributed by atoms with Crippen molar-refractivity contribution in [2.24, 2.45) is 17.3 Å². The van der Waals surface area contributed by atoms with Gasteiger partial charge in [-0.1, -0.05) is 34.1 Å². The first kappa shape index (κ1) is 28.3. The molecule has 0 aliphatic carbocycles. The Hall–Kier alpha value is -1.32. The molecular formula is C27H44N2O5S. The lowest BCUT2D eigenvalue weighted by atomic mass is 9.71. The lowest BCUT2D eigenvalue weighted by Gasteiger charge is -2.41. The van der Waals surface area contributed by atoms with Gasteiger partial charge in [0, 0.05) is 23.1 Å². The fourth-order valence-electron chi connectivity index (χ4n) is 5.38. The van der Waals surface area contributed by atoms with Crippen molar-refractivity contribution >= 4 is 23.3 Å². The lowest BCUT2D eigenvalue weighted by Crippen LogP contribution is -2.50. The number of thiazole rings is 1. The number of hydrogen-bond acceptors (Lipinski definition) is 7. The van der Waals surface area contributed by atoms with E-state index in [0.29, 0.717) is 6.42 Å². The quantitative estimate of drug-likeness (QED) is 0.451. The van der Waals surface area contributed by atoms with Gasteiger partial charge < -0.3 is 25.4 Å². The van der Waals surface area contributed by atoms with Crippen LogP contribution in [0.3, 0.4) is 0 Å². The number of carbonyl (C=O) groups excluding carboxylic acids is 1. The van der Waals surface area contributed by atoms with E-state index in [9.17, 15) is 20.1 Å². The lowest BCUT2D eigenvalue weighted by molar-refractivity contribution is -0.132. The molecule has 0 bridgehead atoms. The predicted molar refractivity (Wildman–Crippen MR) is 139 cm³/mol. The number of ether oxygens (including phenoxy) is 1. The molecule has 2 saturated heterocycles. The molecule has 0 radical (unpaired) electrons. The van der Waals surface area contributed by atoms with Gasteiger partial charge in [0.05, 0.1) is 53.2 Å². The smallest absolute Gasteiger partial charge is 0.223 e. The van der Waals surface area contributed by atoms with Gasteiger partial charge in [-0.25, -0.2) is 4.98 Å². The van der Waals surface area contributed by atoms with Crippen LogP contribution >= 0.6 is 11.3 Å². The molecule has 0 spiro atoms. The molecule has 8 atom stereocenters. The molecular weight excluding hydrogens is 464 g/mol. The van der Waals surface area contributed by atoms with Gasteiger partial charge in [-0.3, -0.25) is 4.79 Å². The van der Waals surface area contributed by atoms with Crippen LogP contribution in [0.25, 0.3) is 6.08 Å². The van der Waals surface area contributed by atoms with Crippen molar-refractivity contribution in [1.29, 1.82) is 0 Å². The predicted octanol–water partition coefficient (Wildman–Crippen LogP) is 3.84. The third-order valence-corrected chi connectivity index (χ3v) is 9.13. The molecule has 3 heterocycles. The second-order valence-electron chi connectivity index (χ2n) is 11.7. The van der Waals surface area contributed by atoms with Crippen LogP contribution in [0.15, 0.2) is 11.0 Å². The summed E-state index contributed by atoms with van der Waals surface area (Å²) in [5, 5.41) is 39.0. The molecule has 1 aromatic heterocycles. The van der Waals surface area contributed by atoms with Gasteiger partial charge >= 0.3 is 0 Å². The molecule has 4 N–H and O–H groups in total. The minimum atomic E-state index is -1.07. The highest BCUT2D eigenvalue weighted by molar-refractivity contribution is 7.09. The highest BCUT2D eigenvalue weighted by Crippen LogP contribution is 2.44. The number of epoxide rings is 1. The van der Waals surface area contributed by atoms with Crippen molar-refractivity contribution in [3.63, 3.8) is 0 Å². The molecule has 3 rings (SSSR count). The van der Waals surface area contributed by atoms with E-state index in [0.717, 1.165) is 35.5 Å². The number of fused-ring (bicyclic) bond motifs is 1. The van der Waals surface area contributed by atoms with Crippen molar-refractivity contribution in [1.82, 2.24) is 10.3 Å². The van der Waals surface area contributed by atoms with Crippen molar-refractivity contribution in [2.45, 2.75) is 117 Å². The molecule has 8 heteroatoms. The van der Waals surface area contributed by atoms with Crippen LogP contribution in [0.2, 0.25) is 0 Å². The zero-order valence-electron chi connectivity index (χ0n) is 22.2. The first-order valence-corrected chi connectivity index (χ1v) is 13.7. The Kier molecular flexibility index (Phi) is 8.86. The summed E-state index contributed by atoms with van der Waals surface area (Å²) in [6, 6.07) is -0.246. The largest absolute Gasteiger partial charge is 0.392 e. The van der Waals surface area contributed by atoms with E-state index < -0.39 is 29.6 Å². The zero-order chi connectivity index (χ0) is 26.1. The molecule has 0 aromatic carbocycles. The Balaban J connectivity index is 1.85. The highest BCUT2D eigenvalue weighted by atomic mass is 32.1. The fourth-order valence-corrected chi connectivity index (χ4v) is 5.95. The average molecular weight is 509 g/mol. The Morgan fingerprint density at radius 2 is 1.94 bits per heavy atom. The summed E-state index contributed by atoms with van der Waals surface area (Å²) in [6.45, 7) is 13.4. The van der Waals surface area contributed by atoms with Crippen molar-refractivity contribution in [3.05, 3.63) is 21.7 Å². The summed E-state index contributed by atoms with van der Waals surface area (Å²) in [7, 11) is 0. The maximum absolute atomic E-state index is 13.1. The second kappa shape index (κ2) is 11.0. The maximum Gasteiger partial charge on any atom is 0.223 e. The SMILES string of the molecule is C/C(=C\c1csc(C)n1)C1CC2O[C@]2(C)CCC[C@H](C)[C@H](O)[C@@H](C)C(O)C(C)(C)[C@@H](O)CC(=O)N1. The maximum atomic E-state index is 13.1. The van der Waals surface area contributed by atoms with Crippen LogP contribution in [0, 0.1) is 24.2 Å². The average Bonchev–Trinajstić information content (AvgIpc) is 3.22. The monoisotopic (exact) mass is 508 g/mol.